The van der Waals surface area contributed by atoms with E-state index in [1.165, 1.54) is 71.4 Å². The second-order valence-electron chi connectivity index (χ2n) is 12.8. The van der Waals surface area contributed by atoms with Gasteiger partial charge in [-0.1, -0.05) is 91.0 Å². The van der Waals surface area contributed by atoms with E-state index in [0.717, 1.165) is 17.8 Å². The molecule has 3 heteroatoms. The maximum Gasteiger partial charge on any atom is 0.135 e. The molecule has 0 amide bonds. The minimum Gasteiger partial charge on any atom is -0.456 e. The Balaban J connectivity index is 1.15. The van der Waals surface area contributed by atoms with Gasteiger partial charge in [0.2, 0.25) is 0 Å². The zero-order valence-corrected chi connectivity index (χ0v) is 25.4. The molecule has 3 heterocycles. The lowest BCUT2D eigenvalue weighted by molar-refractivity contribution is 0.425. The van der Waals surface area contributed by atoms with Gasteiger partial charge in [0.05, 0.1) is 16.6 Å². The smallest absolute Gasteiger partial charge is 0.135 e. The molecule has 9 aromatic rings. The second kappa shape index (κ2) is 9.35. The van der Waals surface area contributed by atoms with E-state index in [9.17, 15) is 0 Å². The molecule has 1 unspecified atom stereocenters. The molecule has 0 fully saturated rings. The molecule has 46 heavy (non-hydrogen) atoms. The number of furan rings is 1. The Bertz CT molecular complexity index is 2680. The van der Waals surface area contributed by atoms with Gasteiger partial charge in [-0.05, 0) is 78.7 Å². The van der Waals surface area contributed by atoms with Crippen LogP contribution in [0.25, 0.3) is 77.5 Å². The lowest BCUT2D eigenvalue weighted by Crippen LogP contribution is -2.32. The summed E-state index contributed by atoms with van der Waals surface area (Å²) >= 11 is 0. The molecule has 0 spiro atoms. The summed E-state index contributed by atoms with van der Waals surface area (Å²) in [5.74, 6) is 0.978. The van der Waals surface area contributed by atoms with E-state index in [4.69, 9.17) is 4.42 Å². The normalized spacial score (nSPS) is 16.3. The van der Waals surface area contributed by atoms with Gasteiger partial charge in [-0.2, -0.15) is 0 Å². The molecule has 10 rings (SSSR count). The van der Waals surface area contributed by atoms with E-state index in [1.807, 2.05) is 6.07 Å². The molecule has 0 aliphatic heterocycles. The Hall–Kier alpha value is -5.80. The molecule has 0 saturated carbocycles. The van der Waals surface area contributed by atoms with Crippen LogP contribution in [0.3, 0.4) is 0 Å². The van der Waals surface area contributed by atoms with Crippen molar-refractivity contribution < 1.29 is 4.42 Å². The summed E-state index contributed by atoms with van der Waals surface area (Å²) in [6, 6.07) is 50.6. The van der Waals surface area contributed by atoms with Crippen molar-refractivity contribution in [2.45, 2.75) is 18.9 Å². The first-order chi connectivity index (χ1) is 22.7. The minimum atomic E-state index is -0.249. The fourth-order valence-corrected chi connectivity index (χ4v) is 7.97. The standard InChI is InChI=1S/C43H30N2O/c1-43(24-23-42-36(27-43)33-15-7-10-18-41(33)46-42)45-39-17-9-6-14-32(39)35-26-29(20-22-40(35)45)28-19-21-38-34(25-28)31-13-5-8-16-37(31)44(38)30-11-3-2-4-12-30/h2-26H,27H2,1H3. The van der Waals surface area contributed by atoms with E-state index in [2.05, 4.69) is 162 Å². The van der Waals surface area contributed by atoms with Crippen molar-refractivity contribution in [3.63, 3.8) is 0 Å². The van der Waals surface area contributed by atoms with Crippen molar-refractivity contribution in [2.24, 2.45) is 0 Å². The average Bonchev–Trinajstić information content (AvgIpc) is 3.76. The van der Waals surface area contributed by atoms with Gasteiger partial charge in [-0.15, -0.1) is 0 Å². The molecule has 0 radical (unpaired) electrons. The third-order valence-corrected chi connectivity index (χ3v) is 10.1. The number of aromatic nitrogens is 2. The zero-order valence-electron chi connectivity index (χ0n) is 25.4. The number of para-hydroxylation sites is 4. The predicted molar refractivity (Wildman–Crippen MR) is 192 cm³/mol. The molecule has 3 aromatic heterocycles. The first kappa shape index (κ1) is 25.5. The third kappa shape index (κ3) is 3.54. The number of benzene rings is 6. The highest BCUT2D eigenvalue weighted by Gasteiger charge is 2.33. The van der Waals surface area contributed by atoms with Crippen LogP contribution in [-0.4, -0.2) is 9.13 Å². The number of rotatable bonds is 3. The predicted octanol–water partition coefficient (Wildman–Crippen LogP) is 11.3. The van der Waals surface area contributed by atoms with E-state index in [0.29, 0.717) is 0 Å². The van der Waals surface area contributed by atoms with Crippen molar-refractivity contribution in [1.82, 2.24) is 9.13 Å². The highest BCUT2D eigenvalue weighted by molar-refractivity contribution is 6.12. The van der Waals surface area contributed by atoms with Crippen LogP contribution in [-0.2, 0) is 12.0 Å². The van der Waals surface area contributed by atoms with Crippen LogP contribution in [0.1, 0.15) is 18.2 Å². The molecule has 0 N–H and O–H groups in total. The van der Waals surface area contributed by atoms with E-state index in [1.54, 1.807) is 0 Å². The van der Waals surface area contributed by atoms with Gasteiger partial charge >= 0.3 is 0 Å². The van der Waals surface area contributed by atoms with Crippen LogP contribution >= 0.6 is 0 Å². The van der Waals surface area contributed by atoms with Gasteiger partial charge < -0.3 is 13.6 Å². The van der Waals surface area contributed by atoms with E-state index < -0.39 is 0 Å². The van der Waals surface area contributed by atoms with Crippen molar-refractivity contribution in [3.8, 4) is 16.8 Å². The van der Waals surface area contributed by atoms with Gasteiger partial charge in [0.15, 0.2) is 0 Å². The van der Waals surface area contributed by atoms with E-state index >= 15 is 0 Å². The molecule has 1 aliphatic rings. The van der Waals surface area contributed by atoms with Crippen LogP contribution < -0.4 is 0 Å². The lowest BCUT2D eigenvalue weighted by Gasteiger charge is -2.32. The monoisotopic (exact) mass is 590 g/mol. The van der Waals surface area contributed by atoms with Gasteiger partial charge in [0.25, 0.3) is 0 Å². The van der Waals surface area contributed by atoms with Crippen LogP contribution in [0.4, 0.5) is 0 Å². The minimum absolute atomic E-state index is 0.249. The van der Waals surface area contributed by atoms with Gasteiger partial charge in [-0.3, -0.25) is 0 Å². The number of hydrogen-bond donors (Lipinski definition) is 0. The SMILES string of the molecule is CC1(n2c3ccccc3c3cc(-c4ccc5c(c4)c4ccccc4n5-c4ccccc4)ccc32)C=Cc2oc3ccccc3c2C1. The van der Waals surface area contributed by atoms with Gasteiger partial charge in [-0.25, -0.2) is 0 Å². The van der Waals surface area contributed by atoms with Gasteiger partial charge in [0, 0.05) is 55.6 Å². The molecular weight excluding hydrogens is 560 g/mol. The first-order valence-corrected chi connectivity index (χ1v) is 16.0. The largest absolute Gasteiger partial charge is 0.456 e. The van der Waals surface area contributed by atoms with Crippen LogP contribution in [0, 0.1) is 0 Å². The summed E-state index contributed by atoms with van der Waals surface area (Å²) in [7, 11) is 0. The molecule has 6 aromatic carbocycles. The summed E-state index contributed by atoms with van der Waals surface area (Å²) < 4.78 is 11.1. The summed E-state index contributed by atoms with van der Waals surface area (Å²) in [5, 5.41) is 6.29. The third-order valence-electron chi connectivity index (χ3n) is 10.1. The van der Waals surface area contributed by atoms with Crippen molar-refractivity contribution in [1.29, 1.82) is 0 Å². The molecule has 1 aliphatic carbocycles. The van der Waals surface area contributed by atoms with Crippen molar-refractivity contribution in [3.05, 3.63) is 157 Å². The molecule has 3 nitrogen and oxygen atoms in total. The average molecular weight is 591 g/mol. The first-order valence-electron chi connectivity index (χ1n) is 16.0. The highest BCUT2D eigenvalue weighted by atomic mass is 16.3. The Labute approximate surface area is 266 Å². The Morgan fingerprint density at radius 3 is 1.89 bits per heavy atom. The summed E-state index contributed by atoms with van der Waals surface area (Å²) in [6.45, 7) is 2.35. The number of nitrogens with zero attached hydrogens (tertiary/aromatic N) is 2. The molecule has 1 atom stereocenters. The quantitative estimate of drug-likeness (QED) is 0.201. The van der Waals surface area contributed by atoms with E-state index in [-0.39, 0.29) is 5.54 Å². The van der Waals surface area contributed by atoms with Gasteiger partial charge in [0.1, 0.15) is 11.3 Å². The maximum atomic E-state index is 6.23. The highest BCUT2D eigenvalue weighted by Crippen LogP contribution is 2.43. The zero-order chi connectivity index (χ0) is 30.4. The molecule has 218 valence electrons. The molecular formula is C43H30N2O. The summed E-state index contributed by atoms with van der Waals surface area (Å²) in [6.07, 6.45) is 5.37. The van der Waals surface area contributed by atoms with Crippen LogP contribution in [0.15, 0.2) is 150 Å². The second-order valence-corrected chi connectivity index (χ2v) is 12.8. The number of fused-ring (bicyclic) bond motifs is 9. The maximum absolute atomic E-state index is 6.23. The fraction of sp³-hybridized carbons (Fsp3) is 0.0698. The topological polar surface area (TPSA) is 23.0 Å². The summed E-state index contributed by atoms with van der Waals surface area (Å²) in [4.78, 5) is 0. The van der Waals surface area contributed by atoms with Crippen molar-refractivity contribution in [2.75, 3.05) is 0 Å². The lowest BCUT2D eigenvalue weighted by atomic mass is 9.86. The van der Waals surface area contributed by atoms with Crippen LogP contribution in [0.5, 0.6) is 0 Å². The Morgan fingerprint density at radius 1 is 0.543 bits per heavy atom. The Kier molecular flexibility index (Phi) is 5.19. The Morgan fingerprint density at radius 2 is 1.11 bits per heavy atom. The molecule has 0 saturated heterocycles. The number of hydrogen-bond acceptors (Lipinski definition) is 1. The van der Waals surface area contributed by atoms with Crippen LogP contribution in [0.2, 0.25) is 0 Å². The summed E-state index contributed by atoms with van der Waals surface area (Å²) in [5.41, 5.74) is 10.6. The fourth-order valence-electron chi connectivity index (χ4n) is 7.97. The molecule has 0 bridgehead atoms. The number of allylic oxidation sites excluding steroid dienone is 1. The van der Waals surface area contributed by atoms with Crippen molar-refractivity contribution >= 4 is 60.7 Å².